The van der Waals surface area contributed by atoms with Crippen molar-refractivity contribution >= 4 is 0 Å². The van der Waals surface area contributed by atoms with Crippen molar-refractivity contribution in [2.24, 2.45) is 5.41 Å². The quantitative estimate of drug-likeness (QED) is 0.458. The van der Waals surface area contributed by atoms with E-state index in [0.29, 0.717) is 5.54 Å². The lowest BCUT2D eigenvalue weighted by molar-refractivity contribution is 0.101. The van der Waals surface area contributed by atoms with Gasteiger partial charge in [0.05, 0.1) is 0 Å². The second kappa shape index (κ2) is 7.29. The first-order valence-corrected chi connectivity index (χ1v) is 9.39. The standard InChI is InChI=1S/C19H37N/c1-4-6-8-10-12-18(3,11-9-7-5-2)20-16-15-19(17-20)13-14-19/h4-17H2,1-3H3. The van der Waals surface area contributed by atoms with Gasteiger partial charge < -0.3 is 0 Å². The molecule has 1 spiro atoms. The number of likely N-dealkylation sites (tertiary alicyclic amines) is 1. The SMILES string of the molecule is CCCCCCC(C)(CCCCC)N1CCC2(CC2)C1. The molecular formula is C19H37N. The van der Waals surface area contributed by atoms with Crippen molar-refractivity contribution in [2.75, 3.05) is 13.1 Å². The van der Waals surface area contributed by atoms with E-state index in [1.165, 1.54) is 90.1 Å². The van der Waals surface area contributed by atoms with E-state index in [1.807, 2.05) is 0 Å². The van der Waals surface area contributed by atoms with Crippen LogP contribution in [0.1, 0.15) is 97.8 Å². The lowest BCUT2D eigenvalue weighted by Crippen LogP contribution is -2.45. The summed E-state index contributed by atoms with van der Waals surface area (Å²) in [6.45, 7) is 10.0. The third-order valence-electron chi connectivity index (χ3n) is 6.05. The van der Waals surface area contributed by atoms with Crippen LogP contribution in [0.2, 0.25) is 0 Å². The fraction of sp³-hybridized carbons (Fsp3) is 1.00. The van der Waals surface area contributed by atoms with Crippen molar-refractivity contribution in [1.82, 2.24) is 4.90 Å². The first kappa shape index (κ1) is 16.3. The van der Waals surface area contributed by atoms with Gasteiger partial charge in [-0.25, -0.2) is 0 Å². The zero-order valence-corrected chi connectivity index (χ0v) is 14.3. The molecule has 1 heteroatoms. The van der Waals surface area contributed by atoms with Crippen LogP contribution in [-0.4, -0.2) is 23.5 Å². The van der Waals surface area contributed by atoms with Crippen LogP contribution in [0.3, 0.4) is 0 Å². The summed E-state index contributed by atoms with van der Waals surface area (Å²) in [6, 6.07) is 0. The third kappa shape index (κ3) is 4.23. The summed E-state index contributed by atoms with van der Waals surface area (Å²) < 4.78 is 0. The molecule has 1 aliphatic carbocycles. The largest absolute Gasteiger partial charge is 0.297 e. The molecule has 20 heavy (non-hydrogen) atoms. The Morgan fingerprint density at radius 1 is 0.850 bits per heavy atom. The Hall–Kier alpha value is -0.0400. The molecule has 1 aliphatic heterocycles. The van der Waals surface area contributed by atoms with E-state index in [2.05, 4.69) is 25.7 Å². The van der Waals surface area contributed by atoms with Gasteiger partial charge in [0.1, 0.15) is 0 Å². The van der Waals surface area contributed by atoms with Gasteiger partial charge in [0.2, 0.25) is 0 Å². The van der Waals surface area contributed by atoms with Crippen molar-refractivity contribution in [1.29, 1.82) is 0 Å². The maximum absolute atomic E-state index is 2.89. The lowest BCUT2D eigenvalue weighted by atomic mass is 9.86. The van der Waals surface area contributed by atoms with Crippen LogP contribution in [-0.2, 0) is 0 Å². The fourth-order valence-electron chi connectivity index (χ4n) is 4.11. The van der Waals surface area contributed by atoms with Crippen LogP contribution < -0.4 is 0 Å². The summed E-state index contributed by atoms with van der Waals surface area (Å²) in [7, 11) is 0. The van der Waals surface area contributed by atoms with E-state index in [0.717, 1.165) is 5.41 Å². The molecule has 1 saturated carbocycles. The number of hydrogen-bond acceptors (Lipinski definition) is 1. The molecule has 1 atom stereocenters. The molecule has 0 amide bonds. The van der Waals surface area contributed by atoms with Crippen molar-refractivity contribution < 1.29 is 0 Å². The Balaban J connectivity index is 1.84. The molecule has 0 aromatic heterocycles. The van der Waals surface area contributed by atoms with Crippen molar-refractivity contribution in [3.05, 3.63) is 0 Å². The molecule has 1 unspecified atom stereocenters. The summed E-state index contributed by atoms with van der Waals surface area (Å²) >= 11 is 0. The fourth-order valence-corrected chi connectivity index (χ4v) is 4.11. The van der Waals surface area contributed by atoms with Crippen LogP contribution in [0.25, 0.3) is 0 Å². The van der Waals surface area contributed by atoms with Crippen molar-refractivity contribution in [2.45, 2.75) is 103 Å². The number of hydrogen-bond donors (Lipinski definition) is 0. The summed E-state index contributed by atoms with van der Waals surface area (Å²) in [5.74, 6) is 0. The van der Waals surface area contributed by atoms with Gasteiger partial charge in [-0.05, 0) is 51.0 Å². The molecule has 1 nitrogen and oxygen atoms in total. The predicted molar refractivity (Wildman–Crippen MR) is 89.2 cm³/mol. The molecule has 0 aromatic rings. The Morgan fingerprint density at radius 2 is 1.45 bits per heavy atom. The van der Waals surface area contributed by atoms with Gasteiger partial charge in [0.15, 0.2) is 0 Å². The molecule has 1 saturated heterocycles. The molecule has 118 valence electrons. The van der Waals surface area contributed by atoms with Crippen molar-refractivity contribution in [3.8, 4) is 0 Å². The van der Waals surface area contributed by atoms with E-state index in [-0.39, 0.29) is 0 Å². The van der Waals surface area contributed by atoms with E-state index in [4.69, 9.17) is 0 Å². The van der Waals surface area contributed by atoms with E-state index < -0.39 is 0 Å². The minimum atomic E-state index is 0.509. The summed E-state index contributed by atoms with van der Waals surface area (Å²) in [4.78, 5) is 2.89. The monoisotopic (exact) mass is 279 g/mol. The molecule has 0 bridgehead atoms. The van der Waals surface area contributed by atoms with E-state index in [1.54, 1.807) is 0 Å². The minimum absolute atomic E-state index is 0.509. The first-order chi connectivity index (χ1) is 9.64. The highest BCUT2D eigenvalue weighted by molar-refractivity contribution is 5.04. The second-order valence-corrected chi connectivity index (χ2v) is 7.94. The van der Waals surface area contributed by atoms with Crippen LogP contribution >= 0.6 is 0 Å². The zero-order valence-electron chi connectivity index (χ0n) is 14.3. The van der Waals surface area contributed by atoms with Gasteiger partial charge >= 0.3 is 0 Å². The summed E-state index contributed by atoms with van der Waals surface area (Å²) in [5, 5.41) is 0. The maximum Gasteiger partial charge on any atom is 0.0181 e. The molecule has 2 fully saturated rings. The van der Waals surface area contributed by atoms with Gasteiger partial charge in [0.25, 0.3) is 0 Å². The Bertz CT molecular complexity index is 281. The number of unbranched alkanes of at least 4 members (excludes halogenated alkanes) is 5. The Morgan fingerprint density at radius 3 is 2.00 bits per heavy atom. The van der Waals surface area contributed by atoms with Crippen LogP contribution in [0.4, 0.5) is 0 Å². The van der Waals surface area contributed by atoms with Gasteiger partial charge in [-0.1, -0.05) is 58.8 Å². The highest BCUT2D eigenvalue weighted by atomic mass is 15.2. The zero-order chi connectivity index (χ0) is 14.5. The van der Waals surface area contributed by atoms with E-state index in [9.17, 15) is 0 Å². The molecule has 0 aromatic carbocycles. The lowest BCUT2D eigenvalue weighted by Gasteiger charge is -2.40. The van der Waals surface area contributed by atoms with Gasteiger partial charge in [-0.2, -0.15) is 0 Å². The van der Waals surface area contributed by atoms with Gasteiger partial charge in [-0.15, -0.1) is 0 Å². The molecule has 0 N–H and O–H groups in total. The number of rotatable bonds is 10. The van der Waals surface area contributed by atoms with E-state index >= 15 is 0 Å². The molecule has 2 aliphatic rings. The molecule has 0 radical (unpaired) electrons. The Labute approximate surface area is 127 Å². The average Bonchev–Trinajstić information content (AvgIpc) is 3.04. The summed E-state index contributed by atoms with van der Waals surface area (Å²) in [5.41, 5.74) is 1.30. The van der Waals surface area contributed by atoms with Crippen LogP contribution in [0, 0.1) is 5.41 Å². The third-order valence-corrected chi connectivity index (χ3v) is 6.05. The number of nitrogens with zero attached hydrogens (tertiary/aromatic N) is 1. The van der Waals surface area contributed by atoms with Gasteiger partial charge in [-0.3, -0.25) is 4.90 Å². The molecule has 1 heterocycles. The van der Waals surface area contributed by atoms with Crippen LogP contribution in [0.5, 0.6) is 0 Å². The molecule has 2 rings (SSSR count). The average molecular weight is 280 g/mol. The predicted octanol–water partition coefficient (Wildman–Crippen LogP) is 5.78. The topological polar surface area (TPSA) is 3.24 Å². The van der Waals surface area contributed by atoms with Crippen molar-refractivity contribution in [3.63, 3.8) is 0 Å². The minimum Gasteiger partial charge on any atom is -0.297 e. The maximum atomic E-state index is 2.89. The normalized spacial score (nSPS) is 24.1. The van der Waals surface area contributed by atoms with Crippen LogP contribution in [0.15, 0.2) is 0 Å². The first-order valence-electron chi connectivity index (χ1n) is 9.39. The second-order valence-electron chi connectivity index (χ2n) is 7.94. The highest BCUT2D eigenvalue weighted by Gasteiger charge is 2.50. The van der Waals surface area contributed by atoms with Gasteiger partial charge in [0, 0.05) is 12.1 Å². The highest BCUT2D eigenvalue weighted by Crippen LogP contribution is 2.54. The smallest absolute Gasteiger partial charge is 0.0181 e. The summed E-state index contributed by atoms with van der Waals surface area (Å²) in [6.07, 6.45) is 17.3. The Kier molecular flexibility index (Phi) is 5.95. The molecular weight excluding hydrogens is 242 g/mol.